The van der Waals surface area contributed by atoms with Gasteiger partial charge in [-0.05, 0) is 16.4 Å². The van der Waals surface area contributed by atoms with E-state index < -0.39 is 7.92 Å². The molecule has 1 fully saturated rings. The topological polar surface area (TPSA) is 17.1 Å². The van der Waals surface area contributed by atoms with Crippen LogP contribution in [0.5, 0.6) is 0 Å². The van der Waals surface area contributed by atoms with E-state index in [4.69, 9.17) is 0 Å². The van der Waals surface area contributed by atoms with Crippen molar-refractivity contribution in [3.63, 3.8) is 0 Å². The summed E-state index contributed by atoms with van der Waals surface area (Å²) >= 11 is 0. The van der Waals surface area contributed by atoms with Gasteiger partial charge in [-0.25, -0.2) is 0 Å². The minimum absolute atomic E-state index is 0.296. The number of benzene rings is 3. The minimum atomic E-state index is -0.494. The quantitative estimate of drug-likeness (QED) is 0.562. The standard InChI is InChI=1S/C23H21OP/c24-20-16-22(18-10-4-1-5-11-18)25(21-14-8-3-9-15-21)23(17-20)19-12-6-2-7-13-19/h1-15,22-23H,16-17H2. The van der Waals surface area contributed by atoms with Crippen LogP contribution in [0.4, 0.5) is 0 Å². The molecule has 2 unspecified atom stereocenters. The Morgan fingerprint density at radius 3 is 1.44 bits per heavy atom. The van der Waals surface area contributed by atoms with Crippen LogP contribution in [-0.4, -0.2) is 5.78 Å². The van der Waals surface area contributed by atoms with Crippen molar-refractivity contribution in [2.45, 2.75) is 24.2 Å². The highest BCUT2D eigenvalue weighted by molar-refractivity contribution is 7.66. The van der Waals surface area contributed by atoms with E-state index in [0.29, 0.717) is 29.9 Å². The number of carbonyl (C=O) groups is 1. The maximum absolute atomic E-state index is 12.6. The first kappa shape index (κ1) is 16.2. The summed E-state index contributed by atoms with van der Waals surface area (Å²) in [5, 5.41) is 1.40. The molecule has 1 heterocycles. The molecule has 1 nitrogen and oxygen atoms in total. The number of hydrogen-bond donors (Lipinski definition) is 0. The van der Waals surface area contributed by atoms with Crippen LogP contribution in [-0.2, 0) is 4.79 Å². The van der Waals surface area contributed by atoms with Crippen molar-refractivity contribution >= 4 is 19.0 Å². The number of hydrogen-bond acceptors (Lipinski definition) is 1. The van der Waals surface area contributed by atoms with Gasteiger partial charge in [0.05, 0.1) is 0 Å². The van der Waals surface area contributed by atoms with E-state index in [-0.39, 0.29) is 0 Å². The molecule has 1 saturated heterocycles. The Bertz CT molecular complexity index is 778. The summed E-state index contributed by atoms with van der Waals surface area (Å²) in [5.74, 6) is 0.386. The summed E-state index contributed by atoms with van der Waals surface area (Å²) in [5.41, 5.74) is 3.19. The van der Waals surface area contributed by atoms with Crippen molar-refractivity contribution in [2.75, 3.05) is 0 Å². The zero-order valence-electron chi connectivity index (χ0n) is 14.1. The van der Waals surface area contributed by atoms with Crippen LogP contribution in [0.2, 0.25) is 0 Å². The van der Waals surface area contributed by atoms with Gasteiger partial charge in [0.25, 0.3) is 0 Å². The lowest BCUT2D eigenvalue weighted by atomic mass is 10.0. The van der Waals surface area contributed by atoms with Crippen LogP contribution in [0.15, 0.2) is 91.0 Å². The predicted octanol–water partition coefficient (Wildman–Crippen LogP) is 5.64. The molecule has 0 amide bonds. The molecule has 0 bridgehead atoms. The van der Waals surface area contributed by atoms with Crippen LogP contribution in [0.1, 0.15) is 35.3 Å². The van der Waals surface area contributed by atoms with Gasteiger partial charge in [0.1, 0.15) is 5.78 Å². The Labute approximate surface area is 150 Å². The molecule has 1 aliphatic heterocycles. The van der Waals surface area contributed by atoms with E-state index in [9.17, 15) is 4.79 Å². The number of Topliss-reactive ketones (excluding diaryl/α,β-unsaturated/α-hetero) is 1. The second kappa shape index (κ2) is 7.33. The highest BCUT2D eigenvalue weighted by Crippen LogP contribution is 2.65. The molecule has 1 aliphatic rings. The van der Waals surface area contributed by atoms with Crippen molar-refractivity contribution in [1.29, 1.82) is 0 Å². The second-order valence-electron chi connectivity index (χ2n) is 6.54. The molecular weight excluding hydrogens is 323 g/mol. The van der Waals surface area contributed by atoms with E-state index >= 15 is 0 Å². The first-order chi connectivity index (χ1) is 12.3. The Kier molecular flexibility index (Phi) is 4.76. The van der Waals surface area contributed by atoms with Gasteiger partial charge >= 0.3 is 0 Å². The van der Waals surface area contributed by atoms with Crippen LogP contribution >= 0.6 is 7.92 Å². The van der Waals surface area contributed by atoms with E-state index in [2.05, 4.69) is 78.9 Å². The fourth-order valence-corrected chi connectivity index (χ4v) is 7.25. The van der Waals surface area contributed by atoms with E-state index in [1.807, 2.05) is 12.1 Å². The lowest BCUT2D eigenvalue weighted by Gasteiger charge is -2.39. The second-order valence-corrected chi connectivity index (χ2v) is 9.12. The lowest BCUT2D eigenvalue weighted by Crippen LogP contribution is -2.23. The monoisotopic (exact) mass is 344 g/mol. The largest absolute Gasteiger partial charge is 0.300 e. The molecule has 2 heteroatoms. The highest BCUT2D eigenvalue weighted by atomic mass is 31.1. The molecule has 0 spiro atoms. The summed E-state index contributed by atoms with van der Waals surface area (Å²) in [6, 6.07) is 32.0. The zero-order chi connectivity index (χ0) is 17.1. The number of carbonyl (C=O) groups excluding carboxylic acids is 1. The molecule has 2 atom stereocenters. The molecule has 4 rings (SSSR count). The smallest absolute Gasteiger partial charge is 0.134 e. The Balaban J connectivity index is 1.83. The van der Waals surface area contributed by atoms with Crippen LogP contribution in [0.3, 0.4) is 0 Å². The van der Waals surface area contributed by atoms with Gasteiger partial charge in [0, 0.05) is 24.2 Å². The fourth-order valence-electron chi connectivity index (χ4n) is 3.80. The van der Waals surface area contributed by atoms with E-state index in [0.717, 1.165) is 0 Å². The van der Waals surface area contributed by atoms with Gasteiger partial charge in [-0.2, -0.15) is 0 Å². The summed E-state index contributed by atoms with van der Waals surface area (Å²) in [6.45, 7) is 0. The van der Waals surface area contributed by atoms with Gasteiger partial charge in [-0.3, -0.25) is 4.79 Å². The fraction of sp³-hybridized carbons (Fsp3) is 0.174. The normalized spacial score (nSPS) is 23.4. The maximum atomic E-state index is 12.6. The molecule has 0 N–H and O–H groups in total. The average Bonchev–Trinajstić information content (AvgIpc) is 2.69. The molecule has 3 aromatic rings. The van der Waals surface area contributed by atoms with Gasteiger partial charge in [0.15, 0.2) is 0 Å². The van der Waals surface area contributed by atoms with Crippen molar-refractivity contribution in [3.05, 3.63) is 102 Å². The highest BCUT2D eigenvalue weighted by Gasteiger charge is 2.39. The third-order valence-corrected chi connectivity index (χ3v) is 8.14. The third kappa shape index (κ3) is 3.43. The van der Waals surface area contributed by atoms with E-state index in [1.54, 1.807) is 0 Å². The van der Waals surface area contributed by atoms with Gasteiger partial charge in [-0.15, -0.1) is 0 Å². The van der Waals surface area contributed by atoms with Crippen LogP contribution in [0.25, 0.3) is 0 Å². The SMILES string of the molecule is O=C1CC(c2ccccc2)P(c2ccccc2)C(c2ccccc2)C1. The summed E-state index contributed by atoms with van der Waals surface area (Å²) in [7, 11) is -0.494. The van der Waals surface area contributed by atoms with Crippen molar-refractivity contribution in [1.82, 2.24) is 0 Å². The van der Waals surface area contributed by atoms with Crippen molar-refractivity contribution in [2.24, 2.45) is 0 Å². The molecule has 0 radical (unpaired) electrons. The number of rotatable bonds is 3. The zero-order valence-corrected chi connectivity index (χ0v) is 15.0. The molecular formula is C23H21OP. The van der Waals surface area contributed by atoms with Gasteiger partial charge in [0.2, 0.25) is 0 Å². The summed E-state index contributed by atoms with van der Waals surface area (Å²) in [6.07, 6.45) is 1.32. The molecule has 0 saturated carbocycles. The van der Waals surface area contributed by atoms with Gasteiger partial charge in [-0.1, -0.05) is 98.9 Å². The molecule has 124 valence electrons. The molecule has 0 aliphatic carbocycles. The van der Waals surface area contributed by atoms with E-state index in [1.165, 1.54) is 16.4 Å². The Morgan fingerprint density at radius 2 is 1.00 bits per heavy atom. The van der Waals surface area contributed by atoms with Gasteiger partial charge < -0.3 is 0 Å². The maximum Gasteiger partial charge on any atom is 0.134 e. The van der Waals surface area contributed by atoms with Crippen molar-refractivity contribution in [3.8, 4) is 0 Å². The third-order valence-electron chi connectivity index (χ3n) is 4.94. The first-order valence-electron chi connectivity index (χ1n) is 8.78. The Hall–Kier alpha value is -2.24. The molecule has 3 aromatic carbocycles. The Morgan fingerprint density at radius 1 is 0.600 bits per heavy atom. The minimum Gasteiger partial charge on any atom is -0.300 e. The summed E-state index contributed by atoms with van der Waals surface area (Å²) in [4.78, 5) is 12.6. The molecule has 25 heavy (non-hydrogen) atoms. The number of ketones is 1. The predicted molar refractivity (Wildman–Crippen MR) is 106 cm³/mol. The van der Waals surface area contributed by atoms with Crippen molar-refractivity contribution < 1.29 is 4.79 Å². The first-order valence-corrected chi connectivity index (χ1v) is 10.3. The van der Waals surface area contributed by atoms with Crippen LogP contribution < -0.4 is 5.30 Å². The lowest BCUT2D eigenvalue weighted by molar-refractivity contribution is -0.119. The average molecular weight is 344 g/mol. The summed E-state index contributed by atoms with van der Waals surface area (Å²) < 4.78 is 0. The molecule has 0 aromatic heterocycles. The van der Waals surface area contributed by atoms with Crippen LogP contribution in [0, 0.1) is 0 Å².